The fraction of sp³-hybridized carbons (Fsp3) is 0.133. The van der Waals surface area contributed by atoms with Crippen LogP contribution in [-0.4, -0.2) is 16.2 Å². The van der Waals surface area contributed by atoms with E-state index < -0.39 is 0 Å². The molecule has 0 saturated heterocycles. The fourth-order valence-corrected chi connectivity index (χ4v) is 2.64. The first-order valence-electron chi connectivity index (χ1n) is 6.36. The van der Waals surface area contributed by atoms with E-state index in [0.29, 0.717) is 12.6 Å². The Balaban J connectivity index is 2.26. The van der Waals surface area contributed by atoms with Crippen molar-refractivity contribution in [2.45, 2.75) is 6.92 Å². The molecule has 0 aliphatic heterocycles. The Morgan fingerprint density at radius 2 is 2.05 bits per heavy atom. The van der Waals surface area contributed by atoms with Gasteiger partial charge in [0.05, 0.1) is 17.8 Å². The van der Waals surface area contributed by atoms with Gasteiger partial charge in [0.15, 0.2) is 0 Å². The maximum atomic E-state index is 6.08. The Kier molecular flexibility index (Phi) is 3.36. The maximum absolute atomic E-state index is 6.08. The number of nitrogens with zero attached hydrogens (tertiary/aromatic N) is 2. The number of halogens is 1. The molecule has 1 aromatic heterocycles. The molecule has 0 spiro atoms. The van der Waals surface area contributed by atoms with Crippen LogP contribution in [0.25, 0.3) is 16.7 Å². The Morgan fingerprint density at radius 3 is 2.80 bits per heavy atom. The van der Waals surface area contributed by atoms with Gasteiger partial charge in [-0.25, -0.2) is 4.98 Å². The van der Waals surface area contributed by atoms with Gasteiger partial charge < -0.3 is 10.5 Å². The summed E-state index contributed by atoms with van der Waals surface area (Å²) in [7, 11) is 0. The molecule has 3 rings (SSSR count). The Bertz CT molecular complexity index is 767. The van der Waals surface area contributed by atoms with Gasteiger partial charge in [-0.05, 0) is 37.3 Å². The number of hydrogen-bond donors (Lipinski definition) is 1. The summed E-state index contributed by atoms with van der Waals surface area (Å²) < 4.78 is 8.52. The summed E-state index contributed by atoms with van der Waals surface area (Å²) in [5.41, 5.74) is 8.77. The molecule has 0 saturated carbocycles. The lowest BCUT2D eigenvalue weighted by atomic mass is 10.2. The van der Waals surface area contributed by atoms with E-state index in [-0.39, 0.29) is 0 Å². The van der Waals surface area contributed by atoms with Crippen molar-refractivity contribution in [2.75, 3.05) is 12.3 Å². The molecular formula is C15H14BrN3O. The summed E-state index contributed by atoms with van der Waals surface area (Å²) in [6, 6.07) is 13.8. The molecule has 102 valence electrons. The summed E-state index contributed by atoms with van der Waals surface area (Å²) in [4.78, 5) is 4.44. The molecule has 3 aromatic rings. The molecule has 0 unspecified atom stereocenters. The molecule has 2 N–H and O–H groups in total. The van der Waals surface area contributed by atoms with E-state index in [2.05, 4.69) is 20.9 Å². The minimum absolute atomic E-state index is 0.449. The van der Waals surface area contributed by atoms with Crippen molar-refractivity contribution in [3.63, 3.8) is 0 Å². The van der Waals surface area contributed by atoms with Crippen molar-refractivity contribution in [1.29, 1.82) is 0 Å². The summed E-state index contributed by atoms with van der Waals surface area (Å²) in [6.07, 6.45) is 0. The number of benzene rings is 2. The van der Waals surface area contributed by atoms with E-state index in [0.717, 1.165) is 26.9 Å². The number of anilines is 1. The topological polar surface area (TPSA) is 53.1 Å². The molecule has 0 aliphatic rings. The number of aromatic nitrogens is 2. The smallest absolute Gasteiger partial charge is 0.206 e. The van der Waals surface area contributed by atoms with Crippen LogP contribution in [0, 0.1) is 0 Å². The number of imidazole rings is 1. The van der Waals surface area contributed by atoms with Crippen LogP contribution in [0.2, 0.25) is 0 Å². The van der Waals surface area contributed by atoms with Gasteiger partial charge in [0, 0.05) is 4.47 Å². The van der Waals surface area contributed by atoms with E-state index in [1.54, 1.807) is 0 Å². The average Bonchev–Trinajstić information content (AvgIpc) is 2.76. The molecule has 0 amide bonds. The fourth-order valence-electron chi connectivity index (χ4n) is 2.25. The van der Waals surface area contributed by atoms with Gasteiger partial charge >= 0.3 is 0 Å². The second-order valence-corrected chi connectivity index (χ2v) is 5.26. The Labute approximate surface area is 125 Å². The lowest BCUT2D eigenvalue weighted by Crippen LogP contribution is -2.00. The summed E-state index contributed by atoms with van der Waals surface area (Å²) in [5.74, 6) is 1.20. The standard InChI is InChI=1S/C15H14BrN3O/c1-2-20-13-8-4-7-12-14(13)18-15(17)19(12)11-6-3-5-10(16)9-11/h3-9H,2H2,1H3,(H2,17,18). The first-order chi connectivity index (χ1) is 9.70. The van der Waals surface area contributed by atoms with Gasteiger partial charge in [-0.2, -0.15) is 0 Å². The highest BCUT2D eigenvalue weighted by molar-refractivity contribution is 9.10. The zero-order chi connectivity index (χ0) is 14.1. The third kappa shape index (κ3) is 2.14. The molecule has 4 nitrogen and oxygen atoms in total. The largest absolute Gasteiger partial charge is 0.492 e. The number of nitrogen functional groups attached to an aromatic ring is 1. The highest BCUT2D eigenvalue weighted by Crippen LogP contribution is 2.30. The number of ether oxygens (including phenoxy) is 1. The minimum Gasteiger partial charge on any atom is -0.492 e. The molecule has 2 aromatic carbocycles. The van der Waals surface area contributed by atoms with Crippen molar-refractivity contribution in [3.8, 4) is 11.4 Å². The first kappa shape index (κ1) is 13.0. The Morgan fingerprint density at radius 1 is 1.25 bits per heavy atom. The average molecular weight is 332 g/mol. The summed E-state index contributed by atoms with van der Waals surface area (Å²) in [5, 5.41) is 0. The molecule has 0 aliphatic carbocycles. The summed E-state index contributed by atoms with van der Waals surface area (Å²) in [6.45, 7) is 2.55. The summed E-state index contributed by atoms with van der Waals surface area (Å²) >= 11 is 3.48. The van der Waals surface area contributed by atoms with Crippen LogP contribution in [0.15, 0.2) is 46.9 Å². The molecule has 0 fully saturated rings. The van der Waals surface area contributed by atoms with Crippen LogP contribution in [0.5, 0.6) is 5.75 Å². The van der Waals surface area contributed by atoms with Crippen molar-refractivity contribution < 1.29 is 4.74 Å². The molecule has 0 radical (unpaired) electrons. The normalized spacial score (nSPS) is 10.9. The predicted octanol–water partition coefficient (Wildman–Crippen LogP) is 3.77. The van der Waals surface area contributed by atoms with E-state index in [9.17, 15) is 0 Å². The van der Waals surface area contributed by atoms with E-state index in [1.165, 1.54) is 0 Å². The molecule has 0 atom stereocenters. The third-order valence-electron chi connectivity index (χ3n) is 3.04. The highest BCUT2D eigenvalue weighted by Gasteiger charge is 2.13. The van der Waals surface area contributed by atoms with Crippen LogP contribution < -0.4 is 10.5 Å². The van der Waals surface area contributed by atoms with Gasteiger partial charge in [-0.15, -0.1) is 0 Å². The quantitative estimate of drug-likeness (QED) is 0.794. The first-order valence-corrected chi connectivity index (χ1v) is 7.15. The number of nitrogens with two attached hydrogens (primary N) is 1. The van der Waals surface area contributed by atoms with Crippen LogP contribution in [0.1, 0.15) is 6.92 Å². The van der Waals surface area contributed by atoms with E-state index in [4.69, 9.17) is 10.5 Å². The molecule has 20 heavy (non-hydrogen) atoms. The second-order valence-electron chi connectivity index (χ2n) is 4.34. The number of para-hydroxylation sites is 1. The number of rotatable bonds is 3. The van der Waals surface area contributed by atoms with Gasteiger partial charge in [0.2, 0.25) is 5.95 Å². The Hall–Kier alpha value is -2.01. The zero-order valence-corrected chi connectivity index (χ0v) is 12.6. The third-order valence-corrected chi connectivity index (χ3v) is 3.53. The predicted molar refractivity (Wildman–Crippen MR) is 84.4 cm³/mol. The van der Waals surface area contributed by atoms with E-state index in [1.807, 2.05) is 54.0 Å². The molecule has 0 bridgehead atoms. The van der Waals surface area contributed by atoms with E-state index >= 15 is 0 Å². The van der Waals surface area contributed by atoms with Gasteiger partial charge in [0.1, 0.15) is 11.3 Å². The van der Waals surface area contributed by atoms with Crippen LogP contribution in [0.4, 0.5) is 5.95 Å². The molecular weight excluding hydrogens is 318 g/mol. The zero-order valence-electron chi connectivity index (χ0n) is 11.0. The lowest BCUT2D eigenvalue weighted by Gasteiger charge is -2.07. The van der Waals surface area contributed by atoms with Gasteiger partial charge in [-0.3, -0.25) is 4.57 Å². The highest BCUT2D eigenvalue weighted by atomic mass is 79.9. The van der Waals surface area contributed by atoms with Crippen molar-refractivity contribution >= 4 is 32.9 Å². The van der Waals surface area contributed by atoms with Crippen LogP contribution in [0.3, 0.4) is 0 Å². The number of fused-ring (bicyclic) bond motifs is 1. The van der Waals surface area contributed by atoms with Gasteiger partial charge in [0.25, 0.3) is 0 Å². The SMILES string of the molecule is CCOc1cccc2c1nc(N)n2-c1cccc(Br)c1. The number of hydrogen-bond acceptors (Lipinski definition) is 3. The lowest BCUT2D eigenvalue weighted by molar-refractivity contribution is 0.344. The van der Waals surface area contributed by atoms with Crippen molar-refractivity contribution in [2.24, 2.45) is 0 Å². The minimum atomic E-state index is 0.449. The monoisotopic (exact) mass is 331 g/mol. The van der Waals surface area contributed by atoms with Gasteiger partial charge in [-0.1, -0.05) is 28.1 Å². The van der Waals surface area contributed by atoms with Crippen LogP contribution >= 0.6 is 15.9 Å². The van der Waals surface area contributed by atoms with Crippen LogP contribution in [-0.2, 0) is 0 Å². The van der Waals surface area contributed by atoms with Crippen molar-refractivity contribution in [3.05, 3.63) is 46.9 Å². The maximum Gasteiger partial charge on any atom is 0.206 e. The second kappa shape index (κ2) is 5.17. The molecule has 1 heterocycles. The van der Waals surface area contributed by atoms with Crippen molar-refractivity contribution in [1.82, 2.24) is 9.55 Å². The molecule has 5 heteroatoms.